The van der Waals surface area contributed by atoms with Crippen molar-refractivity contribution in [2.24, 2.45) is 23.0 Å². The maximum Gasteiger partial charge on any atom is 0.00645 e. The molecule has 0 aromatic rings. The van der Waals surface area contributed by atoms with Gasteiger partial charge in [0.1, 0.15) is 0 Å². The lowest BCUT2D eigenvalue weighted by Crippen LogP contribution is -2.34. The van der Waals surface area contributed by atoms with Gasteiger partial charge >= 0.3 is 0 Å². The Morgan fingerprint density at radius 2 is 1.75 bits per heavy atom. The van der Waals surface area contributed by atoms with Gasteiger partial charge in [-0.05, 0) is 68.6 Å². The summed E-state index contributed by atoms with van der Waals surface area (Å²) in [6.07, 6.45) is 12.8. The van der Waals surface area contributed by atoms with Gasteiger partial charge in [-0.1, -0.05) is 20.3 Å². The van der Waals surface area contributed by atoms with Gasteiger partial charge in [-0.2, -0.15) is 0 Å². The van der Waals surface area contributed by atoms with Crippen LogP contribution in [-0.2, 0) is 0 Å². The minimum Gasteiger partial charge on any atom is -0.327 e. The van der Waals surface area contributed by atoms with Crippen molar-refractivity contribution in [1.82, 2.24) is 0 Å². The summed E-state index contributed by atoms with van der Waals surface area (Å²) in [5, 5.41) is 0. The predicted octanol–water partition coefficient (Wildman–Crippen LogP) is 4.11. The zero-order chi connectivity index (χ0) is 11.6. The molecule has 0 aromatic carbocycles. The minimum absolute atomic E-state index is 0.474. The monoisotopic (exact) mass is 223 g/mol. The van der Waals surface area contributed by atoms with Crippen molar-refractivity contribution in [2.75, 3.05) is 0 Å². The summed E-state index contributed by atoms with van der Waals surface area (Å²) in [4.78, 5) is 0. The van der Waals surface area contributed by atoms with E-state index in [2.05, 4.69) is 13.8 Å². The highest BCUT2D eigenvalue weighted by atomic mass is 14.7. The second-order valence-corrected chi connectivity index (χ2v) is 6.30. The van der Waals surface area contributed by atoms with Gasteiger partial charge in [-0.25, -0.2) is 0 Å². The molecule has 1 atom stereocenters. The Bertz CT molecular complexity index is 211. The molecular formula is C15H29N. The fourth-order valence-electron chi connectivity index (χ4n) is 4.01. The topological polar surface area (TPSA) is 26.0 Å². The number of nitrogens with two attached hydrogens (primary N) is 1. The lowest BCUT2D eigenvalue weighted by atomic mass is 9.71. The van der Waals surface area contributed by atoms with Gasteiger partial charge in [0.25, 0.3) is 0 Å². The average molecular weight is 223 g/mol. The number of hydrogen-bond acceptors (Lipinski definition) is 1. The Balaban J connectivity index is 1.81. The van der Waals surface area contributed by atoms with Crippen LogP contribution in [0.15, 0.2) is 0 Å². The maximum atomic E-state index is 6.18. The van der Waals surface area contributed by atoms with Crippen LogP contribution in [0, 0.1) is 17.3 Å². The third kappa shape index (κ3) is 2.45. The summed E-state index contributed by atoms with van der Waals surface area (Å²) >= 11 is 0. The zero-order valence-corrected chi connectivity index (χ0v) is 11.2. The van der Waals surface area contributed by atoms with E-state index in [-0.39, 0.29) is 0 Å². The summed E-state index contributed by atoms with van der Waals surface area (Å²) in [7, 11) is 0. The predicted molar refractivity (Wildman–Crippen MR) is 70.3 cm³/mol. The number of rotatable bonds is 5. The highest BCUT2D eigenvalue weighted by molar-refractivity contribution is 4.99. The van der Waals surface area contributed by atoms with Gasteiger partial charge in [0.05, 0.1) is 0 Å². The summed E-state index contributed by atoms with van der Waals surface area (Å²) < 4.78 is 0. The summed E-state index contributed by atoms with van der Waals surface area (Å²) in [5.74, 6) is 1.88. The first-order chi connectivity index (χ1) is 7.72. The first-order valence-electron chi connectivity index (χ1n) is 7.47. The third-order valence-electron chi connectivity index (χ3n) is 5.35. The third-order valence-corrected chi connectivity index (χ3v) is 5.35. The molecule has 1 heteroatoms. The highest BCUT2D eigenvalue weighted by Crippen LogP contribution is 2.59. The Labute approximate surface area is 101 Å². The van der Waals surface area contributed by atoms with Gasteiger partial charge in [-0.3, -0.25) is 0 Å². The van der Waals surface area contributed by atoms with E-state index < -0.39 is 0 Å². The summed E-state index contributed by atoms with van der Waals surface area (Å²) in [6, 6.07) is 0.474. The molecule has 2 fully saturated rings. The van der Waals surface area contributed by atoms with E-state index in [1.807, 2.05) is 0 Å². The molecule has 0 aliphatic heterocycles. The van der Waals surface area contributed by atoms with Crippen molar-refractivity contribution < 1.29 is 0 Å². The van der Waals surface area contributed by atoms with Crippen LogP contribution in [0.25, 0.3) is 0 Å². The quantitative estimate of drug-likeness (QED) is 0.745. The van der Waals surface area contributed by atoms with Gasteiger partial charge in [0.15, 0.2) is 0 Å². The van der Waals surface area contributed by atoms with E-state index in [1.54, 1.807) is 0 Å². The second-order valence-electron chi connectivity index (χ2n) is 6.30. The van der Waals surface area contributed by atoms with Crippen LogP contribution >= 0.6 is 0 Å². The van der Waals surface area contributed by atoms with Crippen molar-refractivity contribution in [3.8, 4) is 0 Å². The molecule has 0 saturated heterocycles. The molecule has 2 saturated carbocycles. The molecule has 2 rings (SSSR count). The van der Waals surface area contributed by atoms with Crippen molar-refractivity contribution >= 4 is 0 Å². The van der Waals surface area contributed by atoms with E-state index in [1.165, 1.54) is 51.4 Å². The fourth-order valence-corrected chi connectivity index (χ4v) is 4.01. The lowest BCUT2D eigenvalue weighted by molar-refractivity contribution is 0.163. The SMILES string of the molecule is CCCC1(C2CCC(C(N)CC)CC2)CC1. The molecule has 1 unspecified atom stereocenters. The lowest BCUT2D eigenvalue weighted by Gasteiger charge is -2.36. The molecule has 0 amide bonds. The molecular weight excluding hydrogens is 194 g/mol. The molecule has 0 spiro atoms. The van der Waals surface area contributed by atoms with Gasteiger partial charge in [0.2, 0.25) is 0 Å². The Kier molecular flexibility index (Phi) is 3.94. The van der Waals surface area contributed by atoms with Crippen molar-refractivity contribution in [3.63, 3.8) is 0 Å². The molecule has 0 radical (unpaired) electrons. The molecule has 2 aliphatic carbocycles. The number of hydrogen-bond donors (Lipinski definition) is 1. The molecule has 2 N–H and O–H groups in total. The summed E-state index contributed by atoms with van der Waals surface area (Å²) in [6.45, 7) is 4.58. The van der Waals surface area contributed by atoms with Crippen LogP contribution in [0.3, 0.4) is 0 Å². The van der Waals surface area contributed by atoms with Crippen LogP contribution in [0.2, 0.25) is 0 Å². The highest BCUT2D eigenvalue weighted by Gasteiger charge is 2.48. The summed E-state index contributed by atoms with van der Waals surface area (Å²) in [5.41, 5.74) is 6.98. The van der Waals surface area contributed by atoms with Crippen molar-refractivity contribution in [1.29, 1.82) is 0 Å². The molecule has 0 heterocycles. The zero-order valence-electron chi connectivity index (χ0n) is 11.2. The molecule has 2 aliphatic rings. The Morgan fingerprint density at radius 1 is 1.12 bits per heavy atom. The Morgan fingerprint density at radius 3 is 2.19 bits per heavy atom. The average Bonchev–Trinajstić information content (AvgIpc) is 3.10. The van der Waals surface area contributed by atoms with E-state index in [4.69, 9.17) is 5.73 Å². The maximum absolute atomic E-state index is 6.18. The molecule has 16 heavy (non-hydrogen) atoms. The fraction of sp³-hybridized carbons (Fsp3) is 1.00. The Hall–Kier alpha value is -0.0400. The van der Waals surface area contributed by atoms with E-state index in [0.29, 0.717) is 6.04 Å². The van der Waals surface area contributed by atoms with Gasteiger partial charge in [0, 0.05) is 6.04 Å². The van der Waals surface area contributed by atoms with Crippen molar-refractivity contribution in [3.05, 3.63) is 0 Å². The van der Waals surface area contributed by atoms with E-state index >= 15 is 0 Å². The van der Waals surface area contributed by atoms with Gasteiger partial charge in [-0.15, -0.1) is 0 Å². The smallest absolute Gasteiger partial charge is 0.00645 e. The molecule has 0 bridgehead atoms. The van der Waals surface area contributed by atoms with Crippen LogP contribution in [0.1, 0.15) is 71.6 Å². The molecule has 94 valence electrons. The second kappa shape index (κ2) is 5.08. The van der Waals surface area contributed by atoms with Crippen molar-refractivity contribution in [2.45, 2.75) is 77.7 Å². The normalized spacial score (nSPS) is 34.7. The van der Waals surface area contributed by atoms with Crippen LogP contribution in [0.5, 0.6) is 0 Å². The van der Waals surface area contributed by atoms with E-state index in [9.17, 15) is 0 Å². The standard InChI is InChI=1S/C15H29N/c1-3-9-15(10-11-15)13-7-5-12(6-8-13)14(16)4-2/h12-14H,3-11,16H2,1-2H3. The molecule has 1 nitrogen and oxygen atoms in total. The van der Waals surface area contributed by atoms with Crippen LogP contribution in [0.4, 0.5) is 0 Å². The minimum atomic E-state index is 0.474. The first-order valence-corrected chi connectivity index (χ1v) is 7.47. The largest absolute Gasteiger partial charge is 0.327 e. The van der Waals surface area contributed by atoms with Crippen LogP contribution in [-0.4, -0.2) is 6.04 Å². The van der Waals surface area contributed by atoms with Crippen LogP contribution < -0.4 is 5.73 Å². The molecule has 0 aromatic heterocycles. The first kappa shape index (κ1) is 12.4. The van der Waals surface area contributed by atoms with E-state index in [0.717, 1.165) is 23.7 Å². The van der Waals surface area contributed by atoms with Gasteiger partial charge < -0.3 is 5.73 Å².